The fraction of sp³-hybridized carbons (Fsp3) is 0.417. The number of phenolic OH excluding ortho intramolecular Hbond substituents is 1. The second-order valence-corrected chi connectivity index (χ2v) is 3.99. The van der Waals surface area contributed by atoms with Crippen molar-refractivity contribution >= 4 is 11.6 Å². The zero-order valence-corrected chi connectivity index (χ0v) is 9.54. The number of carbonyl (C=O) groups is 1. The van der Waals surface area contributed by atoms with Crippen molar-refractivity contribution in [1.82, 2.24) is 5.01 Å². The normalized spacial score (nSPS) is 15.7. The molecule has 0 bridgehead atoms. The first-order valence-corrected chi connectivity index (χ1v) is 5.70. The average molecular weight is 236 g/mol. The van der Waals surface area contributed by atoms with E-state index < -0.39 is 0 Å². The number of aliphatic hydroxyl groups excluding tert-OH is 1. The van der Waals surface area contributed by atoms with Crippen LogP contribution < -0.4 is 5.01 Å². The highest BCUT2D eigenvalue weighted by atomic mass is 16.3. The molecule has 0 aromatic heterocycles. The van der Waals surface area contributed by atoms with Crippen LogP contribution in [0.3, 0.4) is 0 Å². The Bertz CT molecular complexity index is 408. The minimum absolute atomic E-state index is 0.0572. The van der Waals surface area contributed by atoms with Crippen LogP contribution in [0.5, 0.6) is 5.75 Å². The van der Waals surface area contributed by atoms with Gasteiger partial charge in [-0.05, 0) is 18.6 Å². The number of rotatable bonds is 4. The molecule has 2 N–H and O–H groups in total. The van der Waals surface area contributed by atoms with Crippen molar-refractivity contribution in [3.05, 3.63) is 24.3 Å². The van der Waals surface area contributed by atoms with Gasteiger partial charge in [0, 0.05) is 32.2 Å². The van der Waals surface area contributed by atoms with Gasteiger partial charge in [-0.2, -0.15) is 0 Å². The first-order chi connectivity index (χ1) is 8.22. The van der Waals surface area contributed by atoms with E-state index >= 15 is 0 Å². The van der Waals surface area contributed by atoms with Crippen molar-refractivity contribution in [2.24, 2.45) is 0 Å². The van der Waals surface area contributed by atoms with Gasteiger partial charge in [-0.25, -0.2) is 0 Å². The molecule has 1 aliphatic heterocycles. The molecule has 92 valence electrons. The maximum absolute atomic E-state index is 11.7. The van der Waals surface area contributed by atoms with Crippen molar-refractivity contribution in [3.63, 3.8) is 0 Å². The van der Waals surface area contributed by atoms with Gasteiger partial charge < -0.3 is 10.2 Å². The molecule has 1 saturated heterocycles. The molecule has 5 heteroatoms. The summed E-state index contributed by atoms with van der Waals surface area (Å²) in [4.78, 5) is 11.7. The van der Waals surface area contributed by atoms with Crippen LogP contribution in [-0.4, -0.2) is 40.8 Å². The summed E-state index contributed by atoms with van der Waals surface area (Å²) in [5, 5.41) is 21.7. The molecular weight excluding hydrogens is 220 g/mol. The number of nitrogens with zero attached hydrogens (tertiary/aromatic N) is 2. The van der Waals surface area contributed by atoms with Gasteiger partial charge >= 0.3 is 0 Å². The summed E-state index contributed by atoms with van der Waals surface area (Å²) in [6.07, 6.45) is 1.03. The molecule has 1 amide bonds. The number of amides is 1. The highest BCUT2D eigenvalue weighted by Gasteiger charge is 2.28. The summed E-state index contributed by atoms with van der Waals surface area (Å²) in [7, 11) is 0. The van der Waals surface area contributed by atoms with Crippen LogP contribution >= 0.6 is 0 Å². The third-order valence-electron chi connectivity index (χ3n) is 2.77. The summed E-state index contributed by atoms with van der Waals surface area (Å²) in [5.41, 5.74) is 0.800. The van der Waals surface area contributed by atoms with Gasteiger partial charge in [0.05, 0.1) is 5.69 Å². The van der Waals surface area contributed by atoms with Gasteiger partial charge in [0.1, 0.15) is 5.75 Å². The highest BCUT2D eigenvalue weighted by Crippen LogP contribution is 2.25. The van der Waals surface area contributed by atoms with Gasteiger partial charge in [0.2, 0.25) is 5.91 Å². The van der Waals surface area contributed by atoms with E-state index in [4.69, 9.17) is 5.11 Å². The molecule has 1 heterocycles. The Morgan fingerprint density at radius 3 is 2.88 bits per heavy atom. The van der Waals surface area contributed by atoms with Crippen molar-refractivity contribution in [2.75, 3.05) is 24.7 Å². The van der Waals surface area contributed by atoms with Crippen LogP contribution in [0.4, 0.5) is 5.69 Å². The molecule has 0 radical (unpaired) electrons. The van der Waals surface area contributed by atoms with Crippen LogP contribution in [0.2, 0.25) is 0 Å². The molecule has 1 fully saturated rings. The van der Waals surface area contributed by atoms with Gasteiger partial charge in [0.15, 0.2) is 0 Å². The number of aromatic hydroxyl groups is 1. The number of carbonyl (C=O) groups excluding carboxylic acids is 1. The molecule has 17 heavy (non-hydrogen) atoms. The summed E-state index contributed by atoms with van der Waals surface area (Å²) in [6.45, 7) is 1.19. The smallest absolute Gasteiger partial charge is 0.242 e. The molecule has 1 aliphatic rings. The largest absolute Gasteiger partial charge is 0.508 e. The van der Waals surface area contributed by atoms with E-state index in [2.05, 4.69) is 0 Å². The minimum Gasteiger partial charge on any atom is -0.508 e. The van der Waals surface area contributed by atoms with Gasteiger partial charge in [-0.1, -0.05) is 6.07 Å². The first kappa shape index (κ1) is 11.7. The van der Waals surface area contributed by atoms with Crippen LogP contribution in [0, 0.1) is 0 Å². The van der Waals surface area contributed by atoms with Crippen molar-refractivity contribution in [3.8, 4) is 5.75 Å². The monoisotopic (exact) mass is 236 g/mol. The Balaban J connectivity index is 2.16. The van der Waals surface area contributed by atoms with E-state index in [0.717, 1.165) is 5.69 Å². The lowest BCUT2D eigenvalue weighted by Gasteiger charge is -2.29. The number of phenols is 1. The standard InChI is InChI=1S/C12H16N2O3/c15-8-2-6-14-12(17)5-7-13(14)10-3-1-4-11(16)9-10/h1,3-4,9,15-16H,2,5-8H2. The minimum atomic E-state index is 0.0572. The van der Waals surface area contributed by atoms with Crippen LogP contribution in [-0.2, 0) is 4.79 Å². The predicted octanol–water partition coefficient (Wildman–Crippen LogP) is 0.728. The zero-order chi connectivity index (χ0) is 12.3. The molecule has 5 nitrogen and oxygen atoms in total. The maximum atomic E-state index is 11.7. The van der Waals surface area contributed by atoms with E-state index in [0.29, 0.717) is 25.9 Å². The molecule has 0 atom stereocenters. The third-order valence-corrected chi connectivity index (χ3v) is 2.77. The predicted molar refractivity (Wildman–Crippen MR) is 63.5 cm³/mol. The Morgan fingerprint density at radius 1 is 1.35 bits per heavy atom. The average Bonchev–Trinajstić information content (AvgIpc) is 2.68. The molecular formula is C12H16N2O3. The van der Waals surface area contributed by atoms with Gasteiger partial charge in [0.25, 0.3) is 0 Å². The first-order valence-electron chi connectivity index (χ1n) is 5.70. The van der Waals surface area contributed by atoms with Crippen LogP contribution in [0.1, 0.15) is 12.8 Å². The second-order valence-electron chi connectivity index (χ2n) is 3.99. The number of benzene rings is 1. The Morgan fingerprint density at radius 2 is 2.18 bits per heavy atom. The van der Waals surface area contributed by atoms with E-state index in [-0.39, 0.29) is 18.3 Å². The number of hydrogen-bond acceptors (Lipinski definition) is 4. The molecule has 0 spiro atoms. The second kappa shape index (κ2) is 5.05. The number of aliphatic hydroxyl groups is 1. The van der Waals surface area contributed by atoms with Gasteiger partial charge in [-0.15, -0.1) is 0 Å². The van der Waals surface area contributed by atoms with Gasteiger partial charge in [-0.3, -0.25) is 14.8 Å². The number of anilines is 1. The Hall–Kier alpha value is -1.75. The molecule has 0 unspecified atom stereocenters. The lowest BCUT2D eigenvalue weighted by Crippen LogP contribution is -2.40. The SMILES string of the molecule is O=C1CCN(c2cccc(O)c2)N1CCCO. The van der Waals surface area contributed by atoms with E-state index in [1.807, 2.05) is 11.1 Å². The van der Waals surface area contributed by atoms with E-state index in [1.165, 1.54) is 0 Å². The third kappa shape index (κ3) is 2.50. The lowest BCUT2D eigenvalue weighted by molar-refractivity contribution is -0.128. The van der Waals surface area contributed by atoms with E-state index in [1.54, 1.807) is 23.2 Å². The number of hydrogen-bond donors (Lipinski definition) is 2. The lowest BCUT2D eigenvalue weighted by atomic mass is 10.3. The van der Waals surface area contributed by atoms with Crippen LogP contribution in [0.25, 0.3) is 0 Å². The maximum Gasteiger partial charge on any atom is 0.242 e. The van der Waals surface area contributed by atoms with Crippen molar-refractivity contribution in [2.45, 2.75) is 12.8 Å². The number of hydrazine groups is 1. The summed E-state index contributed by atoms with van der Waals surface area (Å²) in [6, 6.07) is 6.83. The summed E-state index contributed by atoms with van der Waals surface area (Å²) < 4.78 is 0. The molecule has 1 aromatic rings. The molecule has 0 saturated carbocycles. The fourth-order valence-corrected chi connectivity index (χ4v) is 1.97. The fourth-order valence-electron chi connectivity index (χ4n) is 1.97. The van der Waals surface area contributed by atoms with Crippen molar-refractivity contribution < 1.29 is 15.0 Å². The zero-order valence-electron chi connectivity index (χ0n) is 9.54. The molecule has 0 aliphatic carbocycles. The Kier molecular flexibility index (Phi) is 3.49. The highest BCUT2D eigenvalue weighted by molar-refractivity contribution is 5.81. The Labute approximate surface area is 99.9 Å². The van der Waals surface area contributed by atoms with Crippen molar-refractivity contribution in [1.29, 1.82) is 0 Å². The molecule has 1 aromatic carbocycles. The van der Waals surface area contributed by atoms with E-state index in [9.17, 15) is 9.90 Å². The van der Waals surface area contributed by atoms with Crippen LogP contribution in [0.15, 0.2) is 24.3 Å². The molecule has 2 rings (SSSR count). The summed E-state index contributed by atoms with van der Waals surface area (Å²) >= 11 is 0. The topological polar surface area (TPSA) is 64.0 Å². The quantitative estimate of drug-likeness (QED) is 0.809. The summed E-state index contributed by atoms with van der Waals surface area (Å²) in [5.74, 6) is 0.241.